The molecule has 2 heterocycles. The molecule has 0 fully saturated rings. The highest BCUT2D eigenvalue weighted by atomic mass is 35.5. The van der Waals surface area contributed by atoms with E-state index in [9.17, 15) is 0 Å². The van der Waals surface area contributed by atoms with Crippen molar-refractivity contribution in [3.05, 3.63) is 16.8 Å². The second-order valence-corrected chi connectivity index (χ2v) is 2.79. The number of hydrogen-bond acceptors (Lipinski definition) is 3. The summed E-state index contributed by atoms with van der Waals surface area (Å²) in [5.41, 5.74) is 7.11. The Morgan fingerprint density at radius 2 is 2.45 bits per heavy atom. The van der Waals surface area contributed by atoms with Gasteiger partial charge in [-0.15, -0.1) is 0 Å². The highest BCUT2D eigenvalue weighted by Gasteiger charge is 2.15. The van der Waals surface area contributed by atoms with Gasteiger partial charge in [-0.2, -0.15) is 4.98 Å². The van der Waals surface area contributed by atoms with Gasteiger partial charge in [0.1, 0.15) is 0 Å². The summed E-state index contributed by atoms with van der Waals surface area (Å²) in [7, 11) is 0. The minimum atomic E-state index is 0.325. The maximum Gasteiger partial charge on any atom is 0.218 e. The second-order valence-electron chi connectivity index (χ2n) is 2.43. The zero-order valence-electron chi connectivity index (χ0n) is 5.80. The van der Waals surface area contributed by atoms with Crippen LogP contribution in [0.2, 0.25) is 5.15 Å². The van der Waals surface area contributed by atoms with Crippen LogP contribution in [0.25, 0.3) is 0 Å². The largest absolute Gasteiger partial charge is 0.477 e. The number of halogens is 1. The van der Waals surface area contributed by atoms with Crippen molar-refractivity contribution < 1.29 is 4.74 Å². The lowest BCUT2D eigenvalue weighted by molar-refractivity contribution is 0.345. The SMILES string of the molecule is Nc1cc2c(nc1Cl)OCC2. The molecule has 1 aliphatic heterocycles. The molecule has 0 saturated heterocycles. The smallest absolute Gasteiger partial charge is 0.218 e. The van der Waals surface area contributed by atoms with Gasteiger partial charge < -0.3 is 10.5 Å². The molecule has 0 aromatic carbocycles. The van der Waals surface area contributed by atoms with Gasteiger partial charge in [-0.05, 0) is 6.07 Å². The molecule has 1 aliphatic rings. The summed E-state index contributed by atoms with van der Waals surface area (Å²) >= 11 is 5.68. The van der Waals surface area contributed by atoms with Crippen LogP contribution >= 0.6 is 11.6 Å². The quantitative estimate of drug-likeness (QED) is 0.597. The summed E-state index contributed by atoms with van der Waals surface area (Å²) in [6, 6.07) is 1.82. The normalized spacial score (nSPS) is 14.3. The standard InChI is InChI=1S/C7H7ClN2O/c8-6-5(9)3-4-1-2-11-7(4)10-6/h3H,1-2,9H2. The van der Waals surface area contributed by atoms with Gasteiger partial charge >= 0.3 is 0 Å². The van der Waals surface area contributed by atoms with E-state index in [0.717, 1.165) is 12.0 Å². The monoisotopic (exact) mass is 170 g/mol. The van der Waals surface area contributed by atoms with Gasteiger partial charge in [-0.3, -0.25) is 0 Å². The molecule has 58 valence electrons. The van der Waals surface area contributed by atoms with E-state index in [0.29, 0.717) is 23.3 Å². The molecule has 0 spiro atoms. The highest BCUT2D eigenvalue weighted by Crippen LogP contribution is 2.28. The van der Waals surface area contributed by atoms with Crippen molar-refractivity contribution in [2.24, 2.45) is 0 Å². The number of pyridine rings is 1. The number of ether oxygens (including phenoxy) is 1. The topological polar surface area (TPSA) is 48.1 Å². The maximum atomic E-state index is 5.68. The molecule has 0 radical (unpaired) electrons. The fourth-order valence-corrected chi connectivity index (χ4v) is 1.23. The first-order chi connectivity index (χ1) is 5.27. The first-order valence-corrected chi connectivity index (χ1v) is 3.73. The average molecular weight is 171 g/mol. The third-order valence-electron chi connectivity index (χ3n) is 1.65. The van der Waals surface area contributed by atoms with E-state index in [1.54, 1.807) is 0 Å². The zero-order valence-corrected chi connectivity index (χ0v) is 6.56. The average Bonchev–Trinajstić information content (AvgIpc) is 2.36. The van der Waals surface area contributed by atoms with Crippen LogP contribution in [0.4, 0.5) is 5.69 Å². The number of fused-ring (bicyclic) bond motifs is 1. The summed E-state index contributed by atoms with van der Waals surface area (Å²) in [5, 5.41) is 0.325. The van der Waals surface area contributed by atoms with Crippen molar-refractivity contribution in [1.82, 2.24) is 4.98 Å². The van der Waals surface area contributed by atoms with E-state index in [4.69, 9.17) is 22.1 Å². The van der Waals surface area contributed by atoms with Gasteiger partial charge in [0.2, 0.25) is 5.88 Å². The van der Waals surface area contributed by atoms with Gasteiger partial charge in [-0.1, -0.05) is 11.6 Å². The molecule has 0 bridgehead atoms. The van der Waals surface area contributed by atoms with Crippen molar-refractivity contribution in [3.63, 3.8) is 0 Å². The van der Waals surface area contributed by atoms with Gasteiger partial charge in [-0.25, -0.2) is 0 Å². The molecule has 0 saturated carbocycles. The Bertz CT molecular complexity index is 272. The fraction of sp³-hybridized carbons (Fsp3) is 0.286. The van der Waals surface area contributed by atoms with Crippen LogP contribution < -0.4 is 10.5 Å². The van der Waals surface area contributed by atoms with Crippen LogP contribution in [-0.4, -0.2) is 11.6 Å². The Labute approximate surface area is 69.1 Å². The summed E-state index contributed by atoms with van der Waals surface area (Å²) in [5.74, 6) is 0.629. The molecule has 11 heavy (non-hydrogen) atoms. The van der Waals surface area contributed by atoms with Crippen LogP contribution in [0.1, 0.15) is 5.56 Å². The third-order valence-corrected chi connectivity index (χ3v) is 1.96. The lowest BCUT2D eigenvalue weighted by Crippen LogP contribution is -1.91. The Kier molecular flexibility index (Phi) is 1.39. The van der Waals surface area contributed by atoms with Gasteiger partial charge in [0.15, 0.2) is 5.15 Å². The number of nitrogens with zero attached hydrogens (tertiary/aromatic N) is 1. The van der Waals surface area contributed by atoms with Crippen LogP contribution in [0.15, 0.2) is 6.07 Å². The second kappa shape index (κ2) is 2.27. The van der Waals surface area contributed by atoms with E-state index in [2.05, 4.69) is 4.98 Å². The molecule has 4 heteroatoms. The number of nitrogens with two attached hydrogens (primary N) is 1. The molecular formula is C7H7ClN2O. The third kappa shape index (κ3) is 1.01. The molecule has 1 aromatic rings. The predicted molar refractivity (Wildman–Crippen MR) is 42.9 cm³/mol. The number of rotatable bonds is 0. The molecule has 0 aliphatic carbocycles. The molecule has 3 nitrogen and oxygen atoms in total. The maximum absolute atomic E-state index is 5.68. The molecule has 2 N–H and O–H groups in total. The zero-order chi connectivity index (χ0) is 7.84. The van der Waals surface area contributed by atoms with Crippen molar-refractivity contribution in [2.75, 3.05) is 12.3 Å². The first-order valence-electron chi connectivity index (χ1n) is 3.35. The van der Waals surface area contributed by atoms with E-state index in [-0.39, 0.29) is 0 Å². The summed E-state index contributed by atoms with van der Waals surface area (Å²) in [6.07, 6.45) is 0.879. The number of hydrogen-bond donors (Lipinski definition) is 1. The summed E-state index contributed by atoms with van der Waals surface area (Å²) in [4.78, 5) is 3.97. The molecule has 0 unspecified atom stereocenters. The summed E-state index contributed by atoms with van der Waals surface area (Å²) < 4.78 is 5.18. The molecule has 0 amide bonds. The predicted octanol–water partition coefficient (Wildman–Crippen LogP) is 1.25. The lowest BCUT2D eigenvalue weighted by Gasteiger charge is -2.00. The minimum absolute atomic E-state index is 0.325. The molecular weight excluding hydrogens is 164 g/mol. The van der Waals surface area contributed by atoms with E-state index in [1.165, 1.54) is 0 Å². The lowest BCUT2D eigenvalue weighted by atomic mass is 10.2. The van der Waals surface area contributed by atoms with Gasteiger partial charge in [0, 0.05) is 12.0 Å². The Hall–Kier alpha value is -0.960. The number of aromatic nitrogens is 1. The van der Waals surface area contributed by atoms with Crippen LogP contribution in [0, 0.1) is 0 Å². The Morgan fingerprint density at radius 3 is 3.27 bits per heavy atom. The van der Waals surface area contributed by atoms with Crippen molar-refractivity contribution in [3.8, 4) is 5.88 Å². The van der Waals surface area contributed by atoms with Crippen LogP contribution in [0.5, 0.6) is 5.88 Å². The highest BCUT2D eigenvalue weighted by molar-refractivity contribution is 6.31. The van der Waals surface area contributed by atoms with E-state index < -0.39 is 0 Å². The summed E-state index contributed by atoms with van der Waals surface area (Å²) in [6.45, 7) is 0.683. The molecule has 2 rings (SSSR count). The van der Waals surface area contributed by atoms with Crippen molar-refractivity contribution in [2.45, 2.75) is 6.42 Å². The Morgan fingerprint density at radius 1 is 1.64 bits per heavy atom. The van der Waals surface area contributed by atoms with Crippen LogP contribution in [0.3, 0.4) is 0 Å². The van der Waals surface area contributed by atoms with E-state index >= 15 is 0 Å². The minimum Gasteiger partial charge on any atom is -0.477 e. The first kappa shape index (κ1) is 6.73. The van der Waals surface area contributed by atoms with Crippen molar-refractivity contribution in [1.29, 1.82) is 0 Å². The Balaban J connectivity index is 2.57. The van der Waals surface area contributed by atoms with Crippen LogP contribution in [-0.2, 0) is 6.42 Å². The van der Waals surface area contributed by atoms with Gasteiger partial charge in [0.05, 0.1) is 12.3 Å². The van der Waals surface area contributed by atoms with Crippen molar-refractivity contribution >= 4 is 17.3 Å². The fourth-order valence-electron chi connectivity index (χ4n) is 1.10. The number of anilines is 1. The number of nitrogen functional groups attached to an aromatic ring is 1. The molecule has 1 aromatic heterocycles. The van der Waals surface area contributed by atoms with Gasteiger partial charge in [0.25, 0.3) is 0 Å². The molecule has 0 atom stereocenters. The van der Waals surface area contributed by atoms with E-state index in [1.807, 2.05) is 6.07 Å².